The highest BCUT2D eigenvalue weighted by atomic mass is 16.3. The summed E-state index contributed by atoms with van der Waals surface area (Å²) in [7, 11) is 0. The first-order valence-corrected chi connectivity index (χ1v) is 2.47. The van der Waals surface area contributed by atoms with Crippen LogP contribution in [0.5, 0.6) is 5.75 Å². The van der Waals surface area contributed by atoms with Gasteiger partial charge >= 0.3 is 0 Å². The lowest BCUT2D eigenvalue weighted by Crippen LogP contribution is -2.04. The van der Waals surface area contributed by atoms with Crippen LogP contribution in [0.2, 0.25) is 0 Å². The molecule has 1 aliphatic rings. The van der Waals surface area contributed by atoms with E-state index in [1.165, 1.54) is 0 Å². The van der Waals surface area contributed by atoms with Crippen molar-refractivity contribution in [2.75, 3.05) is 0 Å². The topological polar surface area (TPSA) is 20.2 Å². The van der Waals surface area contributed by atoms with E-state index in [0.29, 0.717) is 5.75 Å². The number of fused-ring (bicyclic) bond motifs is 1. The Morgan fingerprint density at radius 3 is 2.88 bits per heavy atom. The predicted octanol–water partition coefficient (Wildman–Crippen LogP) is -0.543. The molecule has 0 aromatic heterocycles. The van der Waals surface area contributed by atoms with Crippen LogP contribution in [-0.4, -0.2) is 5.11 Å². The van der Waals surface area contributed by atoms with E-state index >= 15 is 0 Å². The lowest BCUT2D eigenvalue weighted by Gasteiger charge is -1.79. The van der Waals surface area contributed by atoms with Crippen LogP contribution in [0.1, 0.15) is 0 Å². The summed E-state index contributed by atoms with van der Waals surface area (Å²) in [6, 6.07) is 5.40. The Labute approximate surface area is 46.2 Å². The van der Waals surface area contributed by atoms with Gasteiger partial charge in [0.2, 0.25) is 0 Å². The van der Waals surface area contributed by atoms with Crippen LogP contribution < -0.4 is 10.4 Å². The standard InChI is InChI=1S/C7H4O/c8-7-3-1-2-5-4-6(5)7/h1-3,8H. The minimum Gasteiger partial charge on any atom is -0.507 e. The minimum atomic E-state index is 0.350. The Balaban J connectivity index is 2.94. The first kappa shape index (κ1) is 3.76. The maximum absolute atomic E-state index is 8.91. The number of rotatable bonds is 0. The third-order valence-corrected chi connectivity index (χ3v) is 1.24. The summed E-state index contributed by atoms with van der Waals surface area (Å²) in [6.45, 7) is 0. The Bertz CT molecular complexity index is 345. The van der Waals surface area contributed by atoms with Gasteiger partial charge in [0.15, 0.2) is 0 Å². The van der Waals surface area contributed by atoms with E-state index in [9.17, 15) is 0 Å². The average Bonchev–Trinajstić information content (AvgIpc) is 2.45. The van der Waals surface area contributed by atoms with Crippen LogP contribution in [0.4, 0.5) is 0 Å². The van der Waals surface area contributed by atoms with E-state index in [0.717, 1.165) is 10.4 Å². The molecule has 0 saturated carbocycles. The number of aromatic hydroxyl groups is 1. The van der Waals surface area contributed by atoms with Gasteiger partial charge in [-0.3, -0.25) is 0 Å². The largest absolute Gasteiger partial charge is 0.507 e. The van der Waals surface area contributed by atoms with Gasteiger partial charge in [-0.2, -0.15) is 0 Å². The fraction of sp³-hybridized carbons (Fsp3) is 0. The predicted molar refractivity (Wildman–Crippen MR) is 29.9 cm³/mol. The number of phenolic OH excluding ortho intramolecular Hbond substituents is 1. The second-order valence-electron chi connectivity index (χ2n) is 1.82. The Kier molecular flexibility index (Phi) is 0.451. The van der Waals surface area contributed by atoms with Crippen molar-refractivity contribution < 1.29 is 5.11 Å². The highest BCUT2D eigenvalue weighted by Crippen LogP contribution is 1.95. The normalized spacial score (nSPS) is 11.0. The molecule has 8 heavy (non-hydrogen) atoms. The van der Waals surface area contributed by atoms with Crippen molar-refractivity contribution >= 4 is 5.73 Å². The summed E-state index contributed by atoms with van der Waals surface area (Å²) in [5.74, 6) is 0.350. The minimum absolute atomic E-state index is 0.350. The monoisotopic (exact) mass is 104 g/mol. The lowest BCUT2D eigenvalue weighted by atomic mass is 10.3. The Morgan fingerprint density at radius 1 is 1.38 bits per heavy atom. The molecule has 0 heterocycles. The third kappa shape index (κ3) is 0.316. The number of benzene rings is 1. The average molecular weight is 104 g/mol. The van der Waals surface area contributed by atoms with Gasteiger partial charge in [0.05, 0.1) is 5.22 Å². The summed E-state index contributed by atoms with van der Waals surface area (Å²) < 4.78 is 0. The second kappa shape index (κ2) is 0.960. The van der Waals surface area contributed by atoms with Crippen molar-refractivity contribution in [3.63, 3.8) is 0 Å². The maximum Gasteiger partial charge on any atom is 0.131 e. The van der Waals surface area contributed by atoms with Gasteiger partial charge in [-0.1, -0.05) is 11.8 Å². The molecule has 2 rings (SSSR count). The smallest absolute Gasteiger partial charge is 0.131 e. The molecular formula is C7H4O. The molecule has 0 amide bonds. The zero-order valence-electron chi connectivity index (χ0n) is 4.18. The van der Waals surface area contributed by atoms with Gasteiger partial charge in [-0.15, -0.1) is 0 Å². The van der Waals surface area contributed by atoms with Gasteiger partial charge in [0.25, 0.3) is 0 Å². The van der Waals surface area contributed by atoms with Crippen molar-refractivity contribution in [2.45, 2.75) is 0 Å². The van der Waals surface area contributed by atoms with Gasteiger partial charge in [-0.05, 0) is 12.1 Å². The molecule has 0 fully saturated rings. The Morgan fingerprint density at radius 2 is 2.25 bits per heavy atom. The van der Waals surface area contributed by atoms with Crippen molar-refractivity contribution in [3.05, 3.63) is 28.6 Å². The molecule has 1 aliphatic carbocycles. The summed E-state index contributed by atoms with van der Waals surface area (Å²) >= 11 is 0. The summed E-state index contributed by atoms with van der Waals surface area (Å²) in [6.07, 6.45) is 0. The molecule has 1 nitrogen and oxygen atoms in total. The quantitative estimate of drug-likeness (QED) is 0.475. The maximum atomic E-state index is 8.91. The van der Waals surface area contributed by atoms with Gasteiger partial charge in [0, 0.05) is 5.22 Å². The molecule has 0 saturated heterocycles. The highest BCUT2D eigenvalue weighted by Gasteiger charge is 1.97. The van der Waals surface area contributed by atoms with Gasteiger partial charge in [-0.25, -0.2) is 0 Å². The van der Waals surface area contributed by atoms with Crippen molar-refractivity contribution in [1.29, 1.82) is 0 Å². The fourth-order valence-electron chi connectivity index (χ4n) is 0.749. The van der Waals surface area contributed by atoms with Crippen molar-refractivity contribution in [3.8, 4) is 5.75 Å². The van der Waals surface area contributed by atoms with Crippen LogP contribution in [-0.2, 0) is 0 Å². The molecule has 0 radical (unpaired) electrons. The molecule has 38 valence electrons. The summed E-state index contributed by atoms with van der Waals surface area (Å²) in [4.78, 5) is 0. The first-order valence-electron chi connectivity index (χ1n) is 2.47. The number of hydrogen-bond acceptors (Lipinski definition) is 1. The van der Waals surface area contributed by atoms with E-state index in [-0.39, 0.29) is 0 Å². The zero-order valence-corrected chi connectivity index (χ0v) is 4.18. The first-order chi connectivity index (χ1) is 3.88. The van der Waals surface area contributed by atoms with E-state index in [2.05, 4.69) is 5.73 Å². The van der Waals surface area contributed by atoms with Crippen LogP contribution >= 0.6 is 0 Å². The fourth-order valence-corrected chi connectivity index (χ4v) is 0.749. The molecule has 1 aromatic rings. The summed E-state index contributed by atoms with van der Waals surface area (Å²) in [5, 5.41) is 10.8. The highest BCUT2D eigenvalue weighted by molar-refractivity contribution is 5.44. The molecule has 1 aromatic carbocycles. The van der Waals surface area contributed by atoms with E-state index in [1.807, 2.05) is 12.1 Å². The van der Waals surface area contributed by atoms with Gasteiger partial charge in [0.1, 0.15) is 5.75 Å². The van der Waals surface area contributed by atoms with Gasteiger partial charge < -0.3 is 5.11 Å². The molecular weight excluding hydrogens is 100 g/mol. The molecule has 0 atom stereocenters. The molecule has 0 unspecified atom stereocenters. The SMILES string of the molecule is Oc1cccc2c1=C=2. The second-order valence-corrected chi connectivity index (χ2v) is 1.82. The van der Waals surface area contributed by atoms with Crippen LogP contribution in [0.15, 0.2) is 18.2 Å². The van der Waals surface area contributed by atoms with Crippen LogP contribution in [0, 0.1) is 0 Å². The van der Waals surface area contributed by atoms with E-state index < -0.39 is 0 Å². The molecule has 0 bridgehead atoms. The Hall–Kier alpha value is -1.20. The molecule has 0 spiro atoms. The van der Waals surface area contributed by atoms with E-state index in [1.54, 1.807) is 6.07 Å². The third-order valence-electron chi connectivity index (χ3n) is 1.24. The van der Waals surface area contributed by atoms with Crippen LogP contribution in [0.25, 0.3) is 5.73 Å². The van der Waals surface area contributed by atoms with Crippen molar-refractivity contribution in [1.82, 2.24) is 0 Å². The van der Waals surface area contributed by atoms with Crippen molar-refractivity contribution in [2.24, 2.45) is 0 Å². The lowest BCUT2D eigenvalue weighted by molar-refractivity contribution is 0.472. The number of phenols is 1. The molecule has 0 aliphatic heterocycles. The summed E-state index contributed by atoms with van der Waals surface area (Å²) in [5.41, 5.74) is 2.91. The number of hydrogen-bond donors (Lipinski definition) is 1. The van der Waals surface area contributed by atoms with E-state index in [4.69, 9.17) is 5.11 Å². The van der Waals surface area contributed by atoms with Crippen LogP contribution in [0.3, 0.4) is 0 Å². The molecule has 1 N–H and O–H groups in total. The zero-order chi connectivity index (χ0) is 5.56. The molecule has 1 heteroatoms.